The third kappa shape index (κ3) is 7.17. The Bertz CT molecular complexity index is 772. The van der Waals surface area contributed by atoms with E-state index in [0.29, 0.717) is 33.5 Å². The van der Waals surface area contributed by atoms with Crippen molar-refractivity contribution in [2.45, 2.75) is 32.6 Å². The lowest BCUT2D eigenvalue weighted by molar-refractivity contribution is 0.0955. The number of halogens is 3. The van der Waals surface area contributed by atoms with Gasteiger partial charge < -0.3 is 4.74 Å². The van der Waals surface area contributed by atoms with E-state index in [1.807, 2.05) is 0 Å². The highest BCUT2D eigenvalue weighted by Crippen LogP contribution is 2.34. The van der Waals surface area contributed by atoms with Gasteiger partial charge in [0.2, 0.25) is 0 Å². The average Bonchev–Trinajstić information content (AvgIpc) is 2.64. The molecule has 27 heavy (non-hydrogen) atoms. The minimum absolute atomic E-state index is 0.303. The van der Waals surface area contributed by atoms with Crippen molar-refractivity contribution in [1.29, 1.82) is 0 Å². The summed E-state index contributed by atoms with van der Waals surface area (Å²) in [5.41, 5.74) is 3.65. The third-order valence-electron chi connectivity index (χ3n) is 3.75. The zero-order valence-corrected chi connectivity index (χ0v) is 18.1. The van der Waals surface area contributed by atoms with Gasteiger partial charge in [-0.05, 0) is 48.4 Å². The van der Waals surface area contributed by atoms with Crippen LogP contribution in [0.15, 0.2) is 46.0 Å². The van der Waals surface area contributed by atoms with Crippen molar-refractivity contribution in [1.82, 2.24) is 5.43 Å². The lowest BCUT2D eigenvalue weighted by Gasteiger charge is -2.10. The summed E-state index contributed by atoms with van der Waals surface area (Å²) in [4.78, 5) is 12.0. The fourth-order valence-corrected chi connectivity index (χ4v) is 3.20. The normalized spacial score (nSPS) is 11.0. The van der Waals surface area contributed by atoms with Gasteiger partial charge in [-0.1, -0.05) is 65.3 Å². The van der Waals surface area contributed by atoms with Crippen LogP contribution in [0, 0.1) is 0 Å². The lowest BCUT2D eigenvalue weighted by atomic mass is 10.2. The molecule has 0 fully saturated rings. The molecule has 0 aliphatic heterocycles. The number of nitrogens with one attached hydrogen (secondary N) is 1. The Morgan fingerprint density at radius 1 is 1.15 bits per heavy atom. The number of rotatable bonds is 9. The van der Waals surface area contributed by atoms with E-state index < -0.39 is 0 Å². The number of hydrogen-bond acceptors (Lipinski definition) is 3. The van der Waals surface area contributed by atoms with Crippen molar-refractivity contribution in [3.05, 3.63) is 62.0 Å². The summed E-state index contributed by atoms with van der Waals surface area (Å²) in [5.74, 6) is 0.175. The smallest absolute Gasteiger partial charge is 0.271 e. The molecule has 0 aliphatic carbocycles. The molecule has 0 spiro atoms. The van der Waals surface area contributed by atoms with Gasteiger partial charge in [-0.3, -0.25) is 4.79 Å². The van der Waals surface area contributed by atoms with Gasteiger partial charge in [0.05, 0.1) is 22.9 Å². The average molecular weight is 472 g/mol. The van der Waals surface area contributed by atoms with E-state index in [9.17, 15) is 4.79 Å². The molecule has 1 N–H and O–H groups in total. The summed E-state index contributed by atoms with van der Waals surface area (Å²) in [7, 11) is 0. The van der Waals surface area contributed by atoms with Crippen LogP contribution in [0.2, 0.25) is 10.0 Å². The van der Waals surface area contributed by atoms with Crippen LogP contribution in [0.5, 0.6) is 5.75 Å². The van der Waals surface area contributed by atoms with Crippen LogP contribution in [-0.2, 0) is 0 Å². The molecule has 2 aromatic rings. The number of ether oxygens (including phenoxy) is 1. The predicted molar refractivity (Wildman–Crippen MR) is 115 cm³/mol. The summed E-state index contributed by atoms with van der Waals surface area (Å²) >= 11 is 15.9. The van der Waals surface area contributed by atoms with Crippen molar-refractivity contribution in [2.75, 3.05) is 6.61 Å². The molecular formula is C20H21BrCl2N2O2. The molecule has 7 heteroatoms. The number of benzene rings is 2. The van der Waals surface area contributed by atoms with E-state index in [1.54, 1.807) is 36.4 Å². The monoisotopic (exact) mass is 470 g/mol. The minimum atomic E-state index is -0.303. The largest absolute Gasteiger partial charge is 0.490 e. The van der Waals surface area contributed by atoms with Crippen LogP contribution in [0.4, 0.5) is 0 Å². The summed E-state index contributed by atoms with van der Waals surface area (Å²) in [6, 6.07) is 10.4. The number of hydrogen-bond donors (Lipinski definition) is 1. The summed E-state index contributed by atoms with van der Waals surface area (Å²) < 4.78 is 6.60. The molecule has 0 aliphatic rings. The Kier molecular flexibility index (Phi) is 9.11. The quantitative estimate of drug-likeness (QED) is 0.258. The lowest BCUT2D eigenvalue weighted by Crippen LogP contribution is -2.17. The fourth-order valence-electron chi connectivity index (χ4n) is 2.33. The Morgan fingerprint density at radius 2 is 1.81 bits per heavy atom. The molecule has 0 atom stereocenters. The highest BCUT2D eigenvalue weighted by molar-refractivity contribution is 9.10. The summed E-state index contributed by atoms with van der Waals surface area (Å²) in [6.45, 7) is 2.74. The van der Waals surface area contributed by atoms with Gasteiger partial charge in [-0.15, -0.1) is 0 Å². The van der Waals surface area contributed by atoms with Crippen LogP contribution < -0.4 is 10.2 Å². The topological polar surface area (TPSA) is 50.7 Å². The summed E-state index contributed by atoms with van der Waals surface area (Å²) in [6.07, 6.45) is 5.93. The van der Waals surface area contributed by atoms with Crippen LogP contribution in [0.3, 0.4) is 0 Å². The maximum absolute atomic E-state index is 12.0. The first-order valence-corrected chi connectivity index (χ1v) is 10.3. The number of carbonyl (C=O) groups is 1. The van der Waals surface area contributed by atoms with Crippen molar-refractivity contribution >= 4 is 51.3 Å². The van der Waals surface area contributed by atoms with E-state index in [4.69, 9.17) is 27.9 Å². The zero-order valence-electron chi connectivity index (χ0n) is 15.0. The molecule has 0 heterocycles. The molecule has 0 bridgehead atoms. The second kappa shape index (κ2) is 11.3. The van der Waals surface area contributed by atoms with Gasteiger partial charge in [-0.2, -0.15) is 5.10 Å². The Hall–Kier alpha value is -1.56. The van der Waals surface area contributed by atoms with E-state index in [1.165, 1.54) is 19.1 Å². The van der Waals surface area contributed by atoms with E-state index in [2.05, 4.69) is 33.4 Å². The van der Waals surface area contributed by atoms with Crippen molar-refractivity contribution in [3.63, 3.8) is 0 Å². The van der Waals surface area contributed by atoms with Gasteiger partial charge in [-0.25, -0.2) is 5.43 Å². The molecule has 2 aromatic carbocycles. The van der Waals surface area contributed by atoms with Crippen LogP contribution in [-0.4, -0.2) is 18.7 Å². The van der Waals surface area contributed by atoms with E-state index in [0.717, 1.165) is 17.3 Å². The predicted octanol–water partition coefficient (Wildman–Crippen LogP) is 6.48. The van der Waals surface area contributed by atoms with Crippen molar-refractivity contribution < 1.29 is 9.53 Å². The summed E-state index contributed by atoms with van der Waals surface area (Å²) in [5, 5.41) is 4.78. The molecule has 4 nitrogen and oxygen atoms in total. The SMILES string of the molecule is CCCCCCOc1c(Cl)cc(/C=N/NC(=O)c2ccc(Br)cc2)cc1Cl. The molecule has 1 amide bonds. The minimum Gasteiger partial charge on any atom is -0.490 e. The first-order chi connectivity index (χ1) is 13.0. The maximum atomic E-state index is 12.0. The number of hydrazone groups is 1. The van der Waals surface area contributed by atoms with Gasteiger partial charge in [0.25, 0.3) is 5.91 Å². The number of carbonyl (C=O) groups excluding carboxylic acids is 1. The first-order valence-electron chi connectivity index (χ1n) is 8.72. The van der Waals surface area contributed by atoms with Crippen molar-refractivity contribution in [3.8, 4) is 5.75 Å². The third-order valence-corrected chi connectivity index (χ3v) is 4.84. The van der Waals surface area contributed by atoms with Gasteiger partial charge >= 0.3 is 0 Å². The number of nitrogens with zero attached hydrogens (tertiary/aromatic N) is 1. The Balaban J connectivity index is 1.93. The highest BCUT2D eigenvalue weighted by atomic mass is 79.9. The molecule has 0 unspecified atom stereocenters. The molecular weight excluding hydrogens is 451 g/mol. The fraction of sp³-hybridized carbons (Fsp3) is 0.300. The van der Waals surface area contributed by atoms with Crippen LogP contribution in [0.25, 0.3) is 0 Å². The molecule has 0 radical (unpaired) electrons. The standard InChI is InChI=1S/C20H21BrCl2N2O2/c1-2-3-4-5-10-27-19-17(22)11-14(12-18(19)23)13-24-25-20(26)15-6-8-16(21)9-7-15/h6-9,11-13H,2-5,10H2,1H3,(H,25,26)/b24-13+. The number of amides is 1. The van der Waals surface area contributed by atoms with Crippen LogP contribution >= 0.6 is 39.1 Å². The maximum Gasteiger partial charge on any atom is 0.271 e. The molecule has 0 saturated heterocycles. The first kappa shape index (κ1) is 21.7. The second-order valence-electron chi connectivity index (χ2n) is 5.93. The molecule has 0 aromatic heterocycles. The number of unbranched alkanes of at least 4 members (excludes halogenated alkanes) is 3. The van der Waals surface area contributed by atoms with E-state index in [-0.39, 0.29) is 5.91 Å². The van der Waals surface area contributed by atoms with Gasteiger partial charge in [0.1, 0.15) is 0 Å². The molecule has 144 valence electrons. The second-order valence-corrected chi connectivity index (χ2v) is 7.66. The van der Waals surface area contributed by atoms with Gasteiger partial charge in [0, 0.05) is 10.0 Å². The molecule has 2 rings (SSSR count). The Morgan fingerprint density at radius 3 is 2.44 bits per heavy atom. The zero-order chi connectivity index (χ0) is 19.6. The van der Waals surface area contributed by atoms with Gasteiger partial charge in [0.15, 0.2) is 5.75 Å². The highest BCUT2D eigenvalue weighted by Gasteiger charge is 2.09. The Labute approximate surface area is 178 Å². The van der Waals surface area contributed by atoms with E-state index >= 15 is 0 Å². The van der Waals surface area contributed by atoms with Crippen molar-refractivity contribution in [2.24, 2.45) is 5.10 Å². The van der Waals surface area contributed by atoms with Crippen LogP contribution in [0.1, 0.15) is 48.5 Å². The molecule has 0 saturated carbocycles.